The minimum absolute atomic E-state index is 0.164. The summed E-state index contributed by atoms with van der Waals surface area (Å²) < 4.78 is 2.05. The van der Waals surface area contributed by atoms with E-state index in [9.17, 15) is 9.59 Å². The topological polar surface area (TPSA) is 54.3 Å². The minimum Gasteiger partial charge on any atom is -0.324 e. The number of hydrogen-bond donors (Lipinski definition) is 1. The first-order valence-corrected chi connectivity index (χ1v) is 8.75. The Hall–Kier alpha value is -3.08. The van der Waals surface area contributed by atoms with Crippen LogP contribution in [0.15, 0.2) is 48.8 Å². The molecule has 134 valence electrons. The SMILES string of the molecule is CCCN(C=O)c1cc(-n2ccc(C)c2)c2ccccc2c1NC(C)=O. The van der Waals surface area contributed by atoms with Crippen LogP contribution >= 0.6 is 0 Å². The molecule has 0 aliphatic heterocycles. The Labute approximate surface area is 153 Å². The van der Waals surface area contributed by atoms with Crippen LogP contribution in [0.1, 0.15) is 25.8 Å². The molecule has 3 aromatic rings. The Bertz CT molecular complexity index is 959. The highest BCUT2D eigenvalue weighted by Crippen LogP contribution is 2.38. The zero-order chi connectivity index (χ0) is 18.7. The lowest BCUT2D eigenvalue weighted by Crippen LogP contribution is -2.24. The summed E-state index contributed by atoms with van der Waals surface area (Å²) in [4.78, 5) is 25.2. The van der Waals surface area contributed by atoms with Crippen LogP contribution in [0.5, 0.6) is 0 Å². The molecule has 2 amide bonds. The highest BCUT2D eigenvalue weighted by Gasteiger charge is 2.18. The number of benzene rings is 2. The second-order valence-corrected chi connectivity index (χ2v) is 6.41. The van der Waals surface area contributed by atoms with Crippen molar-refractivity contribution in [1.82, 2.24) is 4.57 Å². The quantitative estimate of drug-likeness (QED) is 0.676. The molecule has 26 heavy (non-hydrogen) atoms. The first-order valence-electron chi connectivity index (χ1n) is 8.75. The molecule has 1 heterocycles. The maximum atomic E-state index is 11.8. The Kier molecular flexibility index (Phi) is 5.07. The Morgan fingerprint density at radius 3 is 2.54 bits per heavy atom. The largest absolute Gasteiger partial charge is 0.324 e. The van der Waals surface area contributed by atoms with Crippen LogP contribution in [0.4, 0.5) is 11.4 Å². The molecule has 0 saturated carbocycles. The highest BCUT2D eigenvalue weighted by molar-refractivity contribution is 6.11. The number of nitrogens with zero attached hydrogens (tertiary/aromatic N) is 2. The molecule has 0 aliphatic rings. The lowest BCUT2D eigenvalue weighted by Gasteiger charge is -2.24. The molecule has 0 atom stereocenters. The normalized spacial score (nSPS) is 10.7. The van der Waals surface area contributed by atoms with Gasteiger partial charge in [-0.2, -0.15) is 0 Å². The summed E-state index contributed by atoms with van der Waals surface area (Å²) in [5, 5.41) is 4.84. The van der Waals surface area contributed by atoms with Crippen LogP contribution in [-0.4, -0.2) is 23.4 Å². The molecule has 0 fully saturated rings. The Morgan fingerprint density at radius 1 is 1.23 bits per heavy atom. The number of carbonyl (C=O) groups excluding carboxylic acids is 2. The molecule has 0 saturated heterocycles. The fourth-order valence-corrected chi connectivity index (χ4v) is 3.21. The van der Waals surface area contributed by atoms with E-state index in [-0.39, 0.29) is 5.91 Å². The molecule has 3 rings (SSSR count). The third kappa shape index (κ3) is 3.33. The third-order valence-corrected chi connectivity index (χ3v) is 4.32. The molecule has 0 bridgehead atoms. The molecule has 5 nitrogen and oxygen atoms in total. The van der Waals surface area contributed by atoms with E-state index >= 15 is 0 Å². The van der Waals surface area contributed by atoms with Gasteiger partial charge in [0, 0.05) is 36.6 Å². The summed E-state index contributed by atoms with van der Waals surface area (Å²) in [6.45, 7) is 6.12. The van der Waals surface area contributed by atoms with Gasteiger partial charge in [0.2, 0.25) is 12.3 Å². The summed E-state index contributed by atoms with van der Waals surface area (Å²) in [6, 6.07) is 11.9. The molecule has 0 radical (unpaired) electrons. The number of carbonyl (C=O) groups is 2. The van der Waals surface area contributed by atoms with Gasteiger partial charge in [0.05, 0.1) is 17.1 Å². The number of amides is 2. The van der Waals surface area contributed by atoms with Gasteiger partial charge in [-0.3, -0.25) is 9.59 Å². The minimum atomic E-state index is -0.164. The van der Waals surface area contributed by atoms with Crippen LogP contribution < -0.4 is 10.2 Å². The molecule has 0 unspecified atom stereocenters. The lowest BCUT2D eigenvalue weighted by atomic mass is 10.0. The van der Waals surface area contributed by atoms with Crippen LogP contribution in [0, 0.1) is 6.92 Å². The Morgan fingerprint density at radius 2 is 1.96 bits per heavy atom. The summed E-state index contributed by atoms with van der Waals surface area (Å²) >= 11 is 0. The first-order chi connectivity index (χ1) is 12.5. The maximum Gasteiger partial charge on any atom is 0.221 e. The molecule has 0 aliphatic carbocycles. The molecule has 1 N–H and O–H groups in total. The number of anilines is 2. The summed E-state index contributed by atoms with van der Waals surface area (Å²) in [5.74, 6) is -0.164. The van der Waals surface area contributed by atoms with Gasteiger partial charge in [-0.15, -0.1) is 0 Å². The van der Waals surface area contributed by atoms with E-state index in [0.29, 0.717) is 17.9 Å². The second-order valence-electron chi connectivity index (χ2n) is 6.41. The van der Waals surface area contributed by atoms with Crippen LogP contribution in [0.3, 0.4) is 0 Å². The average molecular weight is 349 g/mol. The number of nitrogens with one attached hydrogen (secondary N) is 1. The van der Waals surface area contributed by atoms with E-state index in [1.165, 1.54) is 6.92 Å². The number of aromatic nitrogens is 1. The monoisotopic (exact) mass is 349 g/mol. The molecular formula is C21H23N3O2. The van der Waals surface area contributed by atoms with E-state index in [0.717, 1.165) is 34.9 Å². The van der Waals surface area contributed by atoms with E-state index < -0.39 is 0 Å². The number of fused-ring (bicyclic) bond motifs is 1. The lowest BCUT2D eigenvalue weighted by molar-refractivity contribution is -0.114. The van der Waals surface area contributed by atoms with Crippen molar-refractivity contribution in [2.24, 2.45) is 0 Å². The molecule has 5 heteroatoms. The first kappa shape index (κ1) is 17.7. The molecule has 0 spiro atoms. The van der Waals surface area contributed by atoms with Gasteiger partial charge in [0.1, 0.15) is 0 Å². The fraction of sp³-hybridized carbons (Fsp3) is 0.238. The Balaban J connectivity index is 2.35. The van der Waals surface area contributed by atoms with Gasteiger partial charge in [-0.05, 0) is 31.0 Å². The predicted molar refractivity (Wildman–Crippen MR) is 106 cm³/mol. The van der Waals surface area contributed by atoms with Gasteiger partial charge >= 0.3 is 0 Å². The van der Waals surface area contributed by atoms with Crippen LogP contribution in [0.2, 0.25) is 0 Å². The summed E-state index contributed by atoms with van der Waals surface area (Å²) in [5.41, 5.74) is 3.50. The van der Waals surface area contributed by atoms with Gasteiger partial charge in [0.15, 0.2) is 0 Å². The molecule has 1 aromatic heterocycles. The van der Waals surface area contributed by atoms with Crippen molar-refractivity contribution in [2.75, 3.05) is 16.8 Å². The zero-order valence-corrected chi connectivity index (χ0v) is 15.3. The van der Waals surface area contributed by atoms with Crippen molar-refractivity contribution in [3.63, 3.8) is 0 Å². The third-order valence-electron chi connectivity index (χ3n) is 4.32. The summed E-state index contributed by atoms with van der Waals surface area (Å²) in [6.07, 6.45) is 5.70. The molecular weight excluding hydrogens is 326 g/mol. The van der Waals surface area contributed by atoms with Gasteiger partial charge in [0.25, 0.3) is 0 Å². The van der Waals surface area contributed by atoms with Crippen molar-refractivity contribution in [3.8, 4) is 5.69 Å². The fourth-order valence-electron chi connectivity index (χ4n) is 3.21. The summed E-state index contributed by atoms with van der Waals surface area (Å²) in [7, 11) is 0. The van der Waals surface area contributed by atoms with Crippen molar-refractivity contribution in [3.05, 3.63) is 54.4 Å². The van der Waals surface area contributed by atoms with Crippen molar-refractivity contribution < 1.29 is 9.59 Å². The van der Waals surface area contributed by atoms with E-state index in [4.69, 9.17) is 0 Å². The van der Waals surface area contributed by atoms with E-state index in [1.54, 1.807) is 4.90 Å². The molecule has 2 aromatic carbocycles. The second kappa shape index (κ2) is 7.44. The number of aryl methyl sites for hydroxylation is 1. The van der Waals surface area contributed by atoms with Crippen molar-refractivity contribution in [1.29, 1.82) is 0 Å². The van der Waals surface area contributed by atoms with Gasteiger partial charge in [-0.25, -0.2) is 0 Å². The smallest absolute Gasteiger partial charge is 0.221 e. The van der Waals surface area contributed by atoms with Gasteiger partial charge in [-0.1, -0.05) is 31.2 Å². The average Bonchev–Trinajstić information content (AvgIpc) is 3.06. The maximum absolute atomic E-state index is 11.8. The van der Waals surface area contributed by atoms with Crippen LogP contribution in [-0.2, 0) is 9.59 Å². The predicted octanol–water partition coefficient (Wildman–Crippen LogP) is 4.27. The standard InChI is InChI=1S/C21H23N3O2/c1-4-10-24(14-25)20-12-19(23-11-9-15(2)13-23)17-7-5-6-8-18(17)21(20)22-16(3)26/h5-9,11-14H,4,10H2,1-3H3,(H,22,26). The van der Waals surface area contributed by atoms with Gasteiger partial charge < -0.3 is 14.8 Å². The van der Waals surface area contributed by atoms with Crippen molar-refractivity contribution in [2.45, 2.75) is 27.2 Å². The van der Waals surface area contributed by atoms with E-state index in [1.807, 2.05) is 61.0 Å². The van der Waals surface area contributed by atoms with E-state index in [2.05, 4.69) is 11.5 Å². The number of hydrogen-bond acceptors (Lipinski definition) is 2. The number of rotatable bonds is 6. The zero-order valence-electron chi connectivity index (χ0n) is 15.3. The van der Waals surface area contributed by atoms with Crippen LogP contribution in [0.25, 0.3) is 16.5 Å². The van der Waals surface area contributed by atoms with Crippen molar-refractivity contribution >= 4 is 34.5 Å². The highest BCUT2D eigenvalue weighted by atomic mass is 16.1.